The number of aromatic hydroxyl groups is 1. The zero-order chi connectivity index (χ0) is 25.2. The van der Waals surface area contributed by atoms with Crippen LogP contribution in [0, 0.1) is 0 Å². The van der Waals surface area contributed by atoms with Crippen LogP contribution in [0.2, 0.25) is 0 Å². The summed E-state index contributed by atoms with van der Waals surface area (Å²) in [7, 11) is 0. The van der Waals surface area contributed by atoms with Crippen molar-refractivity contribution in [2.45, 2.75) is 75.5 Å². The summed E-state index contributed by atoms with van der Waals surface area (Å²) < 4.78 is 11.0. The second kappa shape index (κ2) is 8.24. The van der Waals surface area contributed by atoms with Crippen LogP contribution in [0.15, 0.2) is 30.5 Å². The quantitative estimate of drug-likeness (QED) is 0.538. The lowest BCUT2D eigenvalue weighted by Crippen LogP contribution is -2.59. The minimum absolute atomic E-state index is 0.0542. The van der Waals surface area contributed by atoms with Crippen molar-refractivity contribution in [2.75, 3.05) is 18.1 Å². The molecule has 2 bridgehead atoms. The van der Waals surface area contributed by atoms with E-state index in [0.717, 1.165) is 18.7 Å². The average molecular weight is 502 g/mol. The van der Waals surface area contributed by atoms with Gasteiger partial charge in [0.05, 0.1) is 17.5 Å². The first-order valence-electron chi connectivity index (χ1n) is 13.1. The summed E-state index contributed by atoms with van der Waals surface area (Å²) in [6, 6.07) is 7.97. The maximum absolute atomic E-state index is 10.8. The number of nitrogens with one attached hydrogen (secondary N) is 1. The Balaban J connectivity index is 1.14. The first-order chi connectivity index (χ1) is 17.9. The number of hydrogen-bond acceptors (Lipinski definition) is 10. The van der Waals surface area contributed by atoms with Crippen molar-refractivity contribution in [2.24, 2.45) is 0 Å². The second-order valence-electron chi connectivity index (χ2n) is 11.4. The van der Waals surface area contributed by atoms with Gasteiger partial charge in [-0.2, -0.15) is 0 Å². The highest BCUT2D eigenvalue weighted by atomic mass is 16.6. The third-order valence-corrected chi connectivity index (χ3v) is 8.19. The first kappa shape index (κ1) is 22.7. The van der Waals surface area contributed by atoms with E-state index in [1.807, 2.05) is 12.3 Å². The monoisotopic (exact) mass is 501 g/mol. The molecule has 1 aromatic carbocycles. The van der Waals surface area contributed by atoms with E-state index in [2.05, 4.69) is 49.4 Å². The molecule has 0 spiro atoms. The van der Waals surface area contributed by atoms with Gasteiger partial charge in [0.25, 0.3) is 5.88 Å². The molecule has 3 atom stereocenters. The number of piperidine rings is 1. The molecule has 2 aromatic heterocycles. The maximum Gasteiger partial charge on any atom is 0.276 e. The molecular formula is C27H31N7O3. The van der Waals surface area contributed by atoms with E-state index >= 15 is 0 Å². The normalized spacial score (nSPS) is 28.2. The van der Waals surface area contributed by atoms with Crippen molar-refractivity contribution in [1.29, 1.82) is 0 Å². The van der Waals surface area contributed by atoms with Gasteiger partial charge in [0, 0.05) is 34.8 Å². The molecule has 2 saturated heterocycles. The van der Waals surface area contributed by atoms with Gasteiger partial charge < -0.3 is 24.8 Å². The highest BCUT2D eigenvalue weighted by Crippen LogP contribution is 2.46. The molecule has 0 radical (unpaired) electrons. The molecule has 1 unspecified atom stereocenters. The highest BCUT2D eigenvalue weighted by Gasteiger charge is 2.51. The van der Waals surface area contributed by atoms with E-state index in [-0.39, 0.29) is 16.8 Å². The van der Waals surface area contributed by atoms with Crippen molar-refractivity contribution in [3.63, 3.8) is 0 Å². The summed E-state index contributed by atoms with van der Waals surface area (Å²) in [4.78, 5) is 7.10. The number of ether oxygens (including phenoxy) is 2. The van der Waals surface area contributed by atoms with Crippen molar-refractivity contribution in [1.82, 2.24) is 30.7 Å². The number of fused-ring (bicyclic) bond motifs is 3. The third kappa shape index (κ3) is 4.13. The van der Waals surface area contributed by atoms with Crippen LogP contribution < -0.4 is 19.7 Å². The summed E-state index contributed by atoms with van der Waals surface area (Å²) >= 11 is 0. The predicted molar refractivity (Wildman–Crippen MR) is 137 cm³/mol. The maximum atomic E-state index is 10.8. The van der Waals surface area contributed by atoms with Crippen LogP contribution >= 0.6 is 0 Å². The SMILES string of the molecule is C[C@]12CC[C@](C)(CC(N(c3cnc(-c4ccc(-c5cc6c(nn5)OCCO6)cc4O)nn3)C3CC3)C1)N2. The molecule has 5 heterocycles. The summed E-state index contributed by atoms with van der Waals surface area (Å²) in [5.41, 5.74) is 2.17. The fraction of sp³-hybridized carbons (Fsp3) is 0.519. The van der Waals surface area contributed by atoms with E-state index in [0.29, 0.717) is 59.6 Å². The Labute approximate surface area is 215 Å². The lowest BCUT2D eigenvalue weighted by Gasteiger charge is -2.46. The number of rotatable bonds is 5. The third-order valence-electron chi connectivity index (χ3n) is 8.19. The van der Waals surface area contributed by atoms with Gasteiger partial charge in [-0.25, -0.2) is 4.98 Å². The molecule has 1 saturated carbocycles. The number of phenols is 1. The molecule has 4 aliphatic rings. The van der Waals surface area contributed by atoms with Crippen molar-refractivity contribution in [3.05, 3.63) is 30.5 Å². The van der Waals surface area contributed by atoms with E-state index < -0.39 is 0 Å². The largest absolute Gasteiger partial charge is 0.507 e. The summed E-state index contributed by atoms with van der Waals surface area (Å²) in [6.45, 7) is 5.63. The molecule has 0 amide bonds. The lowest BCUT2D eigenvalue weighted by molar-refractivity contribution is 0.162. The summed E-state index contributed by atoms with van der Waals surface area (Å²) in [5, 5.41) is 32.0. The molecule has 3 aromatic rings. The molecule has 37 heavy (non-hydrogen) atoms. The van der Waals surface area contributed by atoms with Crippen molar-refractivity contribution in [3.8, 4) is 40.0 Å². The van der Waals surface area contributed by atoms with E-state index in [1.165, 1.54) is 25.7 Å². The fourth-order valence-electron chi connectivity index (χ4n) is 6.43. The topological polar surface area (TPSA) is 118 Å². The van der Waals surface area contributed by atoms with Gasteiger partial charge in [0.2, 0.25) is 0 Å². The van der Waals surface area contributed by atoms with Gasteiger partial charge in [0.15, 0.2) is 17.4 Å². The minimum Gasteiger partial charge on any atom is -0.507 e. The Morgan fingerprint density at radius 3 is 2.43 bits per heavy atom. The van der Waals surface area contributed by atoms with E-state index in [9.17, 15) is 5.11 Å². The van der Waals surface area contributed by atoms with Crippen LogP contribution in [0.3, 0.4) is 0 Å². The molecule has 3 aliphatic heterocycles. The van der Waals surface area contributed by atoms with Gasteiger partial charge >= 0.3 is 0 Å². The van der Waals surface area contributed by atoms with Crippen LogP contribution in [0.4, 0.5) is 5.82 Å². The number of phenolic OH excluding ortho intramolecular Hbond substituents is 1. The van der Waals surface area contributed by atoms with Crippen LogP contribution in [-0.2, 0) is 0 Å². The predicted octanol–water partition coefficient (Wildman–Crippen LogP) is 3.50. The molecule has 10 nitrogen and oxygen atoms in total. The summed E-state index contributed by atoms with van der Waals surface area (Å²) in [6.07, 6.45) is 8.83. The number of anilines is 1. The number of hydrogen-bond donors (Lipinski definition) is 2. The molecule has 192 valence electrons. The summed E-state index contributed by atoms with van der Waals surface area (Å²) in [5.74, 6) is 2.20. The van der Waals surface area contributed by atoms with Crippen molar-refractivity contribution >= 4 is 5.82 Å². The Hall–Kier alpha value is -3.53. The molecule has 3 fully saturated rings. The zero-order valence-corrected chi connectivity index (χ0v) is 21.1. The Morgan fingerprint density at radius 2 is 1.73 bits per heavy atom. The molecule has 10 heteroatoms. The Bertz CT molecular complexity index is 1330. The van der Waals surface area contributed by atoms with E-state index in [1.54, 1.807) is 18.2 Å². The molecule has 2 N–H and O–H groups in total. The standard InChI is InChI=1S/C27H31N7O3/c1-26-7-8-27(2,33-26)14-18(13-26)34(17-4-5-17)23-15-28-24(31-30-23)19-6-3-16(11-21(19)35)20-12-22-25(32-29-20)37-10-9-36-22/h3,6,11-12,15,17-18,33,35H,4-5,7-10,13-14H2,1-2H3/t18?,26-,27+. The first-order valence-corrected chi connectivity index (χ1v) is 13.1. The highest BCUT2D eigenvalue weighted by molar-refractivity contribution is 5.72. The second-order valence-corrected chi connectivity index (χ2v) is 11.4. The molecular weight excluding hydrogens is 470 g/mol. The Morgan fingerprint density at radius 1 is 0.946 bits per heavy atom. The number of benzene rings is 1. The Kier molecular flexibility index (Phi) is 5.04. The van der Waals surface area contributed by atoms with Gasteiger partial charge in [0.1, 0.15) is 19.0 Å². The minimum atomic E-state index is 0.0542. The molecule has 7 rings (SSSR count). The van der Waals surface area contributed by atoms with Crippen LogP contribution in [0.1, 0.15) is 52.4 Å². The number of aromatic nitrogens is 5. The molecule has 1 aliphatic carbocycles. The van der Waals surface area contributed by atoms with Gasteiger partial charge in [-0.05, 0) is 64.5 Å². The number of nitrogens with zero attached hydrogens (tertiary/aromatic N) is 6. The van der Waals surface area contributed by atoms with Crippen LogP contribution in [0.25, 0.3) is 22.6 Å². The zero-order valence-electron chi connectivity index (χ0n) is 21.1. The lowest BCUT2D eigenvalue weighted by atomic mass is 9.84. The van der Waals surface area contributed by atoms with Crippen molar-refractivity contribution < 1.29 is 14.6 Å². The van der Waals surface area contributed by atoms with Crippen LogP contribution in [0.5, 0.6) is 17.4 Å². The average Bonchev–Trinajstić information content (AvgIpc) is 3.69. The van der Waals surface area contributed by atoms with Crippen LogP contribution in [-0.4, -0.2) is 66.9 Å². The van der Waals surface area contributed by atoms with Gasteiger partial charge in [-0.15, -0.1) is 20.4 Å². The van der Waals surface area contributed by atoms with Gasteiger partial charge in [-0.3, -0.25) is 0 Å². The van der Waals surface area contributed by atoms with E-state index in [4.69, 9.17) is 9.47 Å². The van der Waals surface area contributed by atoms with Gasteiger partial charge in [-0.1, -0.05) is 6.07 Å². The fourth-order valence-corrected chi connectivity index (χ4v) is 6.43. The smallest absolute Gasteiger partial charge is 0.276 e.